The minimum Gasteiger partial charge on any atom is -0.510 e. The lowest BCUT2D eigenvalue weighted by atomic mass is 9.58. The predicted octanol–water partition coefficient (Wildman–Crippen LogP) is 3.03. The van der Waals surface area contributed by atoms with Crippen molar-refractivity contribution in [1.29, 1.82) is 0 Å². The van der Waals surface area contributed by atoms with Crippen LogP contribution >= 0.6 is 0 Å². The molecule has 11 nitrogen and oxygen atoms in total. The normalized spacial score (nSPS) is 27.0. The molecule has 0 bridgehead atoms. The molecule has 2 aromatic rings. The molecule has 11 heteroatoms. The molecule has 46 heavy (non-hydrogen) atoms. The summed E-state index contributed by atoms with van der Waals surface area (Å²) in [5.41, 5.74) is 4.89. The first-order valence-corrected chi connectivity index (χ1v) is 15.7. The van der Waals surface area contributed by atoms with Gasteiger partial charge in [-0.3, -0.25) is 24.2 Å². The summed E-state index contributed by atoms with van der Waals surface area (Å²) in [6.45, 7) is 4.96. The Bertz CT molecular complexity index is 1700. The van der Waals surface area contributed by atoms with E-state index in [1.165, 1.54) is 11.0 Å². The number of ether oxygens (including phenoxy) is 1. The molecule has 1 heterocycles. The molecule has 6 N–H and O–H groups in total. The molecule has 3 aliphatic carbocycles. The van der Waals surface area contributed by atoms with Crippen LogP contribution in [0.4, 0.5) is 0 Å². The van der Waals surface area contributed by atoms with Crippen LogP contribution in [0.1, 0.15) is 47.7 Å². The lowest BCUT2D eigenvalue weighted by Gasteiger charge is -2.50. The number of phenols is 1. The Labute approximate surface area is 267 Å². The van der Waals surface area contributed by atoms with E-state index in [4.69, 9.17) is 10.5 Å². The van der Waals surface area contributed by atoms with Crippen LogP contribution in [0.5, 0.6) is 11.5 Å². The molecule has 0 radical (unpaired) electrons. The third kappa shape index (κ3) is 4.80. The summed E-state index contributed by atoms with van der Waals surface area (Å²) < 4.78 is 5.70. The molecule has 2 aromatic carbocycles. The number of likely N-dealkylation sites (N-methyl/N-ethyl adjacent to an activating group) is 1. The van der Waals surface area contributed by atoms with E-state index in [9.17, 15) is 34.8 Å². The quantitative estimate of drug-likeness (QED) is 0.298. The number of rotatable bonds is 6. The number of Topliss-reactive ketones (excluding diaryl/α,β-unsaturated/α-hetero) is 2. The standard InChI is InChI=1S/C35H41N3O8/c1-17-9-11-38(12-10-17)16-20-13-18(5-8-25(20)46-4)21-6-7-24(39)27-22(21)14-19-15-23-29(37(2)3)31(41)28(34(36)44)33(43)35(23,45)32(42)26(19)30(27)40/h5-8,13,17,19,23,29,39,41-42,45H,9-12,14-16H2,1-4H3,(H2,36,44)/t19-,23-,29-,35-/m0/s1. The Hall–Kier alpha value is -4.19. The molecule has 1 amide bonds. The number of nitrogens with zero attached hydrogens (tertiary/aromatic N) is 2. The lowest BCUT2D eigenvalue weighted by molar-refractivity contribution is -0.148. The van der Waals surface area contributed by atoms with E-state index in [2.05, 4.69) is 11.8 Å². The molecular formula is C35H41N3O8. The summed E-state index contributed by atoms with van der Waals surface area (Å²) in [5.74, 6) is -5.25. The third-order valence-electron chi connectivity index (χ3n) is 10.5. The van der Waals surface area contributed by atoms with Crippen molar-refractivity contribution in [3.8, 4) is 22.6 Å². The van der Waals surface area contributed by atoms with E-state index in [1.807, 2.05) is 18.2 Å². The summed E-state index contributed by atoms with van der Waals surface area (Å²) in [6, 6.07) is 8.02. The first-order chi connectivity index (χ1) is 21.8. The summed E-state index contributed by atoms with van der Waals surface area (Å²) in [5, 5.41) is 45.4. The summed E-state index contributed by atoms with van der Waals surface area (Å²) in [4.78, 5) is 43.9. The van der Waals surface area contributed by atoms with Gasteiger partial charge < -0.3 is 30.9 Å². The molecule has 6 rings (SSSR count). The number of fused-ring (bicyclic) bond motifs is 3. The summed E-state index contributed by atoms with van der Waals surface area (Å²) in [6.07, 6.45) is 2.51. The van der Waals surface area contributed by atoms with Crippen LogP contribution < -0.4 is 10.5 Å². The third-order valence-corrected chi connectivity index (χ3v) is 10.5. The molecule has 4 atom stereocenters. The van der Waals surface area contributed by atoms with Crippen LogP contribution in [-0.4, -0.2) is 93.6 Å². The van der Waals surface area contributed by atoms with Crippen LogP contribution in [-0.2, 0) is 22.6 Å². The van der Waals surface area contributed by atoms with Crippen molar-refractivity contribution in [3.05, 3.63) is 69.7 Å². The van der Waals surface area contributed by atoms with Gasteiger partial charge in [-0.25, -0.2) is 0 Å². The number of hydrogen-bond donors (Lipinski definition) is 5. The molecular weight excluding hydrogens is 590 g/mol. The number of amides is 1. The highest BCUT2D eigenvalue weighted by Crippen LogP contribution is 2.53. The van der Waals surface area contributed by atoms with Crippen molar-refractivity contribution in [2.75, 3.05) is 34.3 Å². The Morgan fingerprint density at radius 3 is 2.43 bits per heavy atom. The molecule has 1 aliphatic heterocycles. The van der Waals surface area contributed by atoms with Crippen molar-refractivity contribution in [2.45, 2.75) is 50.8 Å². The number of phenolic OH excluding ortho intramolecular Hbond substituents is 1. The fourth-order valence-electron chi connectivity index (χ4n) is 8.05. The number of aliphatic hydroxyl groups is 3. The van der Waals surface area contributed by atoms with Crippen LogP contribution in [0.25, 0.3) is 11.1 Å². The second kappa shape index (κ2) is 11.6. The van der Waals surface area contributed by atoms with Crippen LogP contribution in [0.3, 0.4) is 0 Å². The largest absolute Gasteiger partial charge is 0.510 e. The molecule has 1 fully saturated rings. The number of benzene rings is 2. The second-order valence-corrected chi connectivity index (χ2v) is 13.4. The van der Waals surface area contributed by atoms with Crippen molar-refractivity contribution < 1.29 is 39.5 Å². The minimum absolute atomic E-state index is 0.0133. The van der Waals surface area contributed by atoms with Gasteiger partial charge in [0.05, 0.1) is 18.7 Å². The van der Waals surface area contributed by atoms with Gasteiger partial charge in [0.25, 0.3) is 5.91 Å². The van der Waals surface area contributed by atoms with E-state index < -0.39 is 58.0 Å². The molecule has 244 valence electrons. The number of methoxy groups -OCH3 is 1. The maximum atomic E-state index is 14.2. The maximum Gasteiger partial charge on any atom is 0.255 e. The zero-order valence-corrected chi connectivity index (χ0v) is 26.5. The topological polar surface area (TPSA) is 174 Å². The average Bonchev–Trinajstić information content (AvgIpc) is 3.00. The maximum absolute atomic E-state index is 14.2. The van der Waals surface area contributed by atoms with Crippen molar-refractivity contribution in [2.24, 2.45) is 23.5 Å². The first-order valence-electron chi connectivity index (χ1n) is 15.7. The van der Waals surface area contributed by atoms with Gasteiger partial charge in [0.15, 0.2) is 11.4 Å². The Balaban J connectivity index is 1.45. The number of carbonyl (C=O) groups is 3. The minimum atomic E-state index is -2.67. The van der Waals surface area contributed by atoms with Gasteiger partial charge in [-0.15, -0.1) is 0 Å². The predicted molar refractivity (Wildman–Crippen MR) is 169 cm³/mol. The first kappa shape index (κ1) is 31.8. The highest BCUT2D eigenvalue weighted by atomic mass is 16.5. The zero-order chi connectivity index (χ0) is 33.2. The number of carbonyl (C=O) groups excluding carboxylic acids is 3. The van der Waals surface area contributed by atoms with E-state index in [1.54, 1.807) is 27.3 Å². The fraction of sp³-hybridized carbons (Fsp3) is 0.457. The van der Waals surface area contributed by atoms with Crippen molar-refractivity contribution in [1.82, 2.24) is 9.80 Å². The van der Waals surface area contributed by atoms with E-state index in [0.717, 1.165) is 48.4 Å². The second-order valence-electron chi connectivity index (χ2n) is 13.4. The number of likely N-dealkylation sites (tertiary alicyclic amines) is 1. The molecule has 0 aromatic heterocycles. The van der Waals surface area contributed by atoms with Gasteiger partial charge >= 0.3 is 0 Å². The Morgan fingerprint density at radius 2 is 1.80 bits per heavy atom. The number of primary amides is 1. The van der Waals surface area contributed by atoms with Gasteiger partial charge in [-0.05, 0) is 99.6 Å². The average molecular weight is 632 g/mol. The van der Waals surface area contributed by atoms with Crippen molar-refractivity contribution in [3.63, 3.8) is 0 Å². The SMILES string of the molecule is COc1ccc(-c2ccc(O)c3c2C[C@H]2C[C@H]4[C@H](N(C)C)C(O)=C(C(N)=O)C(=O)[C@@]4(O)C(O)=C2C3=O)cc1CN1CCC(C)CC1. The van der Waals surface area contributed by atoms with E-state index in [0.29, 0.717) is 18.0 Å². The van der Waals surface area contributed by atoms with Crippen LogP contribution in [0, 0.1) is 17.8 Å². The lowest BCUT2D eigenvalue weighted by Crippen LogP contribution is -2.63. The van der Waals surface area contributed by atoms with E-state index in [-0.39, 0.29) is 29.7 Å². The molecule has 0 spiro atoms. The number of ketones is 2. The number of hydrogen-bond acceptors (Lipinski definition) is 10. The molecule has 0 saturated carbocycles. The van der Waals surface area contributed by atoms with E-state index >= 15 is 0 Å². The van der Waals surface area contributed by atoms with Gasteiger partial charge in [-0.1, -0.05) is 19.1 Å². The number of aliphatic hydroxyl groups excluding tert-OH is 2. The van der Waals surface area contributed by atoms with Crippen LogP contribution in [0.2, 0.25) is 0 Å². The molecule has 1 saturated heterocycles. The molecule has 0 unspecified atom stereocenters. The van der Waals surface area contributed by atoms with Gasteiger partial charge in [0, 0.05) is 23.6 Å². The van der Waals surface area contributed by atoms with Gasteiger partial charge in [0.1, 0.15) is 28.6 Å². The Morgan fingerprint density at radius 1 is 1.11 bits per heavy atom. The summed E-state index contributed by atoms with van der Waals surface area (Å²) in [7, 11) is 4.85. The number of nitrogens with two attached hydrogens (primary N) is 1. The highest BCUT2D eigenvalue weighted by Gasteiger charge is 2.63. The monoisotopic (exact) mass is 631 g/mol. The Kier molecular flexibility index (Phi) is 7.98. The smallest absolute Gasteiger partial charge is 0.255 e. The zero-order valence-electron chi connectivity index (χ0n) is 26.5. The number of aromatic hydroxyl groups is 1. The van der Waals surface area contributed by atoms with Crippen molar-refractivity contribution >= 4 is 17.5 Å². The van der Waals surface area contributed by atoms with Crippen LogP contribution in [0.15, 0.2) is 53.0 Å². The van der Waals surface area contributed by atoms with Gasteiger partial charge in [-0.2, -0.15) is 0 Å². The highest BCUT2D eigenvalue weighted by molar-refractivity contribution is 6.24. The fourth-order valence-corrected chi connectivity index (χ4v) is 8.05. The molecule has 4 aliphatic rings. The van der Waals surface area contributed by atoms with Gasteiger partial charge in [0.2, 0.25) is 5.78 Å². The summed E-state index contributed by atoms with van der Waals surface area (Å²) >= 11 is 0. The number of piperidine rings is 1. The number of allylic oxidation sites excluding steroid dienone is 1.